The Labute approximate surface area is 315 Å². The molecule has 0 bridgehead atoms. The van der Waals surface area contributed by atoms with Crippen LogP contribution in [0.25, 0.3) is 10.9 Å². The van der Waals surface area contributed by atoms with E-state index in [9.17, 15) is 36.4 Å². The average molecular weight is 774 g/mol. The lowest BCUT2D eigenvalue weighted by Gasteiger charge is -2.25. The van der Waals surface area contributed by atoms with E-state index in [1.807, 2.05) is 72.8 Å². The summed E-state index contributed by atoms with van der Waals surface area (Å²) in [5.41, 5.74) is 3.12. The Morgan fingerprint density at radius 3 is 2.06 bits per heavy atom. The van der Waals surface area contributed by atoms with Crippen molar-refractivity contribution in [1.29, 1.82) is 0 Å². The van der Waals surface area contributed by atoms with Crippen LogP contribution in [0.4, 0.5) is 18.9 Å². The van der Waals surface area contributed by atoms with Crippen molar-refractivity contribution < 1.29 is 31.5 Å². The highest BCUT2D eigenvalue weighted by Gasteiger charge is 2.36. The van der Waals surface area contributed by atoms with Crippen molar-refractivity contribution in [2.75, 3.05) is 6.54 Å². The number of aromatic carboxylic acids is 1. The molecule has 0 aliphatic carbocycles. The van der Waals surface area contributed by atoms with E-state index in [2.05, 4.69) is 14.5 Å². The number of nitroso groups, excluding NO2 is 1. The van der Waals surface area contributed by atoms with Gasteiger partial charge in [-0.05, 0) is 89.2 Å². The molecule has 0 radical (unpaired) electrons. The zero-order valence-corrected chi connectivity index (χ0v) is 30.3. The summed E-state index contributed by atoms with van der Waals surface area (Å²) in [6.45, 7) is -0.162. The molecule has 6 aromatic rings. The van der Waals surface area contributed by atoms with E-state index in [0.29, 0.717) is 24.3 Å². The van der Waals surface area contributed by atoms with Gasteiger partial charge in [-0.3, -0.25) is 0 Å². The molecular formula is C41H35ClF3N3O5S. The van der Waals surface area contributed by atoms with Gasteiger partial charge in [0, 0.05) is 40.1 Å². The average Bonchev–Trinajstić information content (AvgIpc) is 3.43. The van der Waals surface area contributed by atoms with E-state index in [0.717, 1.165) is 57.0 Å². The number of rotatable bonds is 15. The molecule has 0 amide bonds. The summed E-state index contributed by atoms with van der Waals surface area (Å²) in [6.07, 6.45) is -2.90. The largest absolute Gasteiger partial charge is 0.478 e. The van der Waals surface area contributed by atoms with Gasteiger partial charge in [0.05, 0.1) is 22.9 Å². The summed E-state index contributed by atoms with van der Waals surface area (Å²) in [5, 5.41) is 13.4. The van der Waals surface area contributed by atoms with Crippen LogP contribution in [0.3, 0.4) is 0 Å². The first kappa shape index (κ1) is 38.4. The minimum atomic E-state index is -4.90. The number of benzene rings is 5. The fourth-order valence-electron chi connectivity index (χ4n) is 6.94. The van der Waals surface area contributed by atoms with Crippen LogP contribution in [0.5, 0.6) is 0 Å². The molecule has 13 heteroatoms. The van der Waals surface area contributed by atoms with E-state index < -0.39 is 44.7 Å². The third kappa shape index (κ3) is 8.73. The highest BCUT2D eigenvalue weighted by Crippen LogP contribution is 2.39. The number of sulfonamides is 1. The summed E-state index contributed by atoms with van der Waals surface area (Å²) in [7, 11) is -4.39. The Balaban J connectivity index is 1.41. The van der Waals surface area contributed by atoms with Crippen molar-refractivity contribution in [3.05, 3.63) is 176 Å². The number of aryl methyl sites for hydroxylation is 2. The van der Waals surface area contributed by atoms with Gasteiger partial charge in [-0.25, -0.2) is 17.9 Å². The van der Waals surface area contributed by atoms with E-state index >= 15 is 0 Å². The summed E-state index contributed by atoms with van der Waals surface area (Å²) >= 11 is 6.59. The number of carbonyl (C=O) groups is 1. The first-order valence-corrected chi connectivity index (χ1v) is 19.1. The number of fused-ring (bicyclic) bond motifs is 1. The van der Waals surface area contributed by atoms with Gasteiger partial charge in [-0.2, -0.15) is 13.2 Å². The third-order valence-electron chi connectivity index (χ3n) is 9.34. The van der Waals surface area contributed by atoms with Crippen LogP contribution in [0.15, 0.2) is 127 Å². The van der Waals surface area contributed by atoms with Crippen molar-refractivity contribution in [3.8, 4) is 0 Å². The molecule has 0 spiro atoms. The molecule has 1 heterocycles. The molecule has 1 aromatic heterocycles. The molecule has 5 aromatic carbocycles. The van der Waals surface area contributed by atoms with Crippen LogP contribution in [-0.4, -0.2) is 30.6 Å². The number of hydrogen-bond acceptors (Lipinski definition) is 5. The number of hydrogen-bond donors (Lipinski definition) is 2. The molecule has 54 heavy (non-hydrogen) atoms. The summed E-state index contributed by atoms with van der Waals surface area (Å²) in [5.74, 6) is -2.10. The van der Waals surface area contributed by atoms with E-state index in [1.54, 1.807) is 30.3 Å². The zero-order chi connectivity index (χ0) is 38.5. The van der Waals surface area contributed by atoms with Gasteiger partial charge >= 0.3 is 12.1 Å². The lowest BCUT2D eigenvalue weighted by molar-refractivity contribution is -0.138. The molecule has 0 aliphatic rings. The molecule has 0 aliphatic heterocycles. The van der Waals surface area contributed by atoms with Crippen LogP contribution >= 0.6 is 11.6 Å². The fourth-order valence-corrected chi connectivity index (χ4v) is 8.31. The molecule has 0 saturated carbocycles. The highest BCUT2D eigenvalue weighted by atomic mass is 35.5. The van der Waals surface area contributed by atoms with Gasteiger partial charge in [0.1, 0.15) is 5.69 Å². The van der Waals surface area contributed by atoms with Crippen molar-refractivity contribution in [2.45, 2.75) is 43.7 Å². The number of carboxylic acids is 1. The first-order valence-electron chi connectivity index (χ1n) is 17.1. The summed E-state index contributed by atoms with van der Waals surface area (Å²) in [4.78, 5) is 22.8. The van der Waals surface area contributed by atoms with Crippen molar-refractivity contribution >= 4 is 44.2 Å². The van der Waals surface area contributed by atoms with Crippen LogP contribution < -0.4 is 4.72 Å². The Morgan fingerprint density at radius 1 is 0.815 bits per heavy atom. The monoisotopic (exact) mass is 773 g/mol. The van der Waals surface area contributed by atoms with E-state index in [-0.39, 0.29) is 24.6 Å². The molecule has 8 nitrogen and oxygen atoms in total. The van der Waals surface area contributed by atoms with Gasteiger partial charge < -0.3 is 9.67 Å². The number of halogens is 4. The molecular weight excluding hydrogens is 739 g/mol. The fraction of sp³-hybridized carbons (Fsp3) is 0.195. The Hall–Kier alpha value is -5.30. The van der Waals surface area contributed by atoms with Crippen molar-refractivity contribution in [1.82, 2.24) is 9.29 Å². The maximum absolute atomic E-state index is 13.9. The van der Waals surface area contributed by atoms with Gasteiger partial charge in [-0.15, -0.1) is 4.91 Å². The summed E-state index contributed by atoms with van der Waals surface area (Å²) in [6, 6.07) is 34.4. The second-order valence-corrected chi connectivity index (χ2v) is 15.1. The van der Waals surface area contributed by atoms with Gasteiger partial charge in [0.2, 0.25) is 10.0 Å². The van der Waals surface area contributed by atoms with Crippen LogP contribution in [-0.2, 0) is 41.2 Å². The highest BCUT2D eigenvalue weighted by molar-refractivity contribution is 7.88. The first-order chi connectivity index (χ1) is 25.9. The Bertz CT molecular complexity index is 2350. The zero-order valence-electron chi connectivity index (χ0n) is 28.8. The predicted octanol–water partition coefficient (Wildman–Crippen LogP) is 9.88. The SMILES string of the molecule is O=Nc1cccc(C(F)(F)F)c1CS(=O)(=O)NCCc1c(CCCc2ccc(C(=O)O)cc2)c2cc(Cl)ccc2n1C(c1ccccc1)c1ccccc1. The topological polar surface area (TPSA) is 118 Å². The molecule has 2 N–H and O–H groups in total. The lowest BCUT2D eigenvalue weighted by Crippen LogP contribution is -2.29. The van der Waals surface area contributed by atoms with Crippen LogP contribution in [0.1, 0.15) is 61.9 Å². The number of alkyl halides is 3. The Kier molecular flexibility index (Phi) is 11.7. The van der Waals surface area contributed by atoms with Gasteiger partial charge in [0.25, 0.3) is 0 Å². The maximum atomic E-state index is 13.9. The lowest BCUT2D eigenvalue weighted by atomic mass is 9.97. The van der Waals surface area contributed by atoms with Crippen LogP contribution in [0, 0.1) is 4.91 Å². The van der Waals surface area contributed by atoms with Crippen molar-refractivity contribution in [2.24, 2.45) is 5.18 Å². The van der Waals surface area contributed by atoms with E-state index in [1.165, 1.54) is 0 Å². The predicted molar refractivity (Wildman–Crippen MR) is 204 cm³/mol. The minimum absolute atomic E-state index is 0.157. The normalized spacial score (nSPS) is 12.0. The van der Waals surface area contributed by atoms with Gasteiger partial charge in [0.15, 0.2) is 0 Å². The third-order valence-corrected chi connectivity index (χ3v) is 10.9. The second kappa shape index (κ2) is 16.4. The quantitative estimate of drug-likeness (QED) is 0.101. The second-order valence-electron chi connectivity index (χ2n) is 12.8. The molecule has 278 valence electrons. The summed E-state index contributed by atoms with van der Waals surface area (Å²) < 4.78 is 73.0. The smallest absolute Gasteiger partial charge is 0.416 e. The molecule has 0 unspecified atom stereocenters. The minimum Gasteiger partial charge on any atom is -0.478 e. The molecule has 0 atom stereocenters. The van der Waals surface area contributed by atoms with Crippen LogP contribution in [0.2, 0.25) is 5.02 Å². The molecule has 6 rings (SSSR count). The number of carboxylic acid groups (broad SMARTS) is 1. The number of aromatic nitrogens is 1. The van der Waals surface area contributed by atoms with E-state index in [4.69, 9.17) is 11.6 Å². The number of nitrogens with one attached hydrogen (secondary N) is 1. The number of nitrogens with zero attached hydrogens (tertiary/aromatic N) is 2. The molecule has 0 saturated heterocycles. The maximum Gasteiger partial charge on any atom is 0.416 e. The van der Waals surface area contributed by atoms with Gasteiger partial charge in [-0.1, -0.05) is 90.5 Å². The molecule has 0 fully saturated rings. The standard InChI is InChI=1S/C41H35ClF3N3O5S/c42-31-21-22-37-33(25-31)32(14-7-9-27-17-19-30(20-18-27)40(49)50)38(48(37)39(28-10-3-1-4-11-28)29-12-5-2-6-13-29)23-24-46-54(52,53)26-34-35(41(43,44)45)15-8-16-36(34)47-51/h1-6,8,10-13,15-22,25,39,46H,7,9,14,23-24,26H2,(H,49,50). The van der Waals surface area contributed by atoms with Crippen molar-refractivity contribution in [3.63, 3.8) is 0 Å². The Morgan fingerprint density at radius 2 is 1.46 bits per heavy atom.